The summed E-state index contributed by atoms with van der Waals surface area (Å²) in [6, 6.07) is 0.502. The summed E-state index contributed by atoms with van der Waals surface area (Å²) in [6.07, 6.45) is 6.00. The van der Waals surface area contributed by atoms with E-state index in [1.165, 1.54) is 17.1 Å². The van der Waals surface area contributed by atoms with E-state index in [-0.39, 0.29) is 6.10 Å². The standard InChI is InChI=1S/C13H22N2OS2/c1-9(7-8-17-3)15(2)13-14-12-10(16)5-4-6-11(12)18-13/h9-10,16H,4-8H2,1-3H3. The zero-order chi connectivity index (χ0) is 13.1. The van der Waals surface area contributed by atoms with Gasteiger partial charge in [-0.05, 0) is 44.6 Å². The molecule has 0 spiro atoms. The highest BCUT2D eigenvalue weighted by Gasteiger charge is 2.24. The van der Waals surface area contributed by atoms with Crippen molar-refractivity contribution in [1.29, 1.82) is 0 Å². The molecule has 1 aromatic heterocycles. The molecule has 1 heterocycles. The number of anilines is 1. The number of aromatic nitrogens is 1. The van der Waals surface area contributed by atoms with Crippen molar-refractivity contribution in [1.82, 2.24) is 4.98 Å². The minimum absolute atomic E-state index is 0.339. The van der Waals surface area contributed by atoms with Gasteiger partial charge in [0.15, 0.2) is 5.13 Å². The molecule has 1 aromatic rings. The van der Waals surface area contributed by atoms with E-state index < -0.39 is 0 Å². The number of aliphatic hydroxyl groups excluding tert-OH is 1. The van der Waals surface area contributed by atoms with Crippen molar-refractivity contribution in [2.45, 2.75) is 44.8 Å². The Balaban J connectivity index is 2.09. The fraction of sp³-hybridized carbons (Fsp3) is 0.769. The Morgan fingerprint density at radius 1 is 1.61 bits per heavy atom. The van der Waals surface area contributed by atoms with Crippen LogP contribution in [0.4, 0.5) is 5.13 Å². The molecule has 0 saturated carbocycles. The van der Waals surface area contributed by atoms with Crippen molar-refractivity contribution in [2.75, 3.05) is 24.0 Å². The van der Waals surface area contributed by atoms with Crippen molar-refractivity contribution >= 4 is 28.2 Å². The molecule has 1 aliphatic rings. The quantitative estimate of drug-likeness (QED) is 0.902. The molecule has 2 atom stereocenters. The monoisotopic (exact) mass is 286 g/mol. The third-order valence-corrected chi connectivity index (χ3v) is 5.48. The van der Waals surface area contributed by atoms with Crippen molar-refractivity contribution in [3.8, 4) is 0 Å². The number of hydrogen-bond acceptors (Lipinski definition) is 5. The normalized spacial score (nSPS) is 20.6. The Hall–Kier alpha value is -0.260. The third-order valence-electron chi connectivity index (χ3n) is 3.62. The third kappa shape index (κ3) is 3.00. The Labute approximate surface area is 118 Å². The molecule has 0 aliphatic heterocycles. The SMILES string of the molecule is CSCCC(C)N(C)c1nc2c(s1)CCCC2O. The predicted molar refractivity (Wildman–Crippen MR) is 80.9 cm³/mol. The molecule has 102 valence electrons. The van der Waals surface area contributed by atoms with E-state index in [4.69, 9.17) is 0 Å². The fourth-order valence-corrected chi connectivity index (χ4v) is 4.00. The zero-order valence-electron chi connectivity index (χ0n) is 11.3. The molecular weight excluding hydrogens is 264 g/mol. The molecule has 0 radical (unpaired) electrons. The van der Waals surface area contributed by atoms with Crippen molar-refractivity contribution in [3.05, 3.63) is 10.6 Å². The number of hydrogen-bond donors (Lipinski definition) is 1. The van der Waals surface area contributed by atoms with E-state index >= 15 is 0 Å². The number of thiazole rings is 1. The van der Waals surface area contributed by atoms with Gasteiger partial charge in [0.05, 0.1) is 11.8 Å². The molecule has 0 fully saturated rings. The molecule has 1 aliphatic carbocycles. The van der Waals surface area contributed by atoms with Crippen LogP contribution in [-0.4, -0.2) is 35.2 Å². The summed E-state index contributed by atoms with van der Waals surface area (Å²) in [5, 5.41) is 11.0. The lowest BCUT2D eigenvalue weighted by atomic mass is 10.0. The number of thioether (sulfide) groups is 1. The number of nitrogens with zero attached hydrogens (tertiary/aromatic N) is 2. The molecule has 0 aromatic carbocycles. The molecule has 18 heavy (non-hydrogen) atoms. The second kappa shape index (κ2) is 6.26. The Morgan fingerprint density at radius 2 is 2.39 bits per heavy atom. The number of aliphatic hydroxyl groups is 1. The number of rotatable bonds is 5. The Morgan fingerprint density at radius 3 is 3.06 bits per heavy atom. The van der Waals surface area contributed by atoms with Crippen molar-refractivity contribution in [3.63, 3.8) is 0 Å². The summed E-state index contributed by atoms with van der Waals surface area (Å²) < 4.78 is 0. The van der Waals surface area contributed by atoms with E-state index in [9.17, 15) is 5.11 Å². The van der Waals surface area contributed by atoms with Gasteiger partial charge in [0.1, 0.15) is 0 Å². The Bertz CT molecular complexity index is 394. The van der Waals surface area contributed by atoms with Crippen LogP contribution in [0.2, 0.25) is 0 Å². The minimum atomic E-state index is -0.339. The lowest BCUT2D eigenvalue weighted by Crippen LogP contribution is -2.29. The molecular formula is C13H22N2OS2. The van der Waals surface area contributed by atoms with Crippen LogP contribution in [0.1, 0.15) is 42.9 Å². The summed E-state index contributed by atoms with van der Waals surface area (Å²) in [7, 11) is 2.11. The van der Waals surface area contributed by atoms with Crippen LogP contribution in [0.5, 0.6) is 0 Å². The van der Waals surface area contributed by atoms with Crippen LogP contribution in [0, 0.1) is 0 Å². The first-order chi connectivity index (χ1) is 8.63. The van der Waals surface area contributed by atoms with Gasteiger partial charge in [-0.25, -0.2) is 4.98 Å². The average molecular weight is 286 g/mol. The fourth-order valence-electron chi connectivity index (χ4n) is 2.20. The summed E-state index contributed by atoms with van der Waals surface area (Å²) >= 11 is 3.64. The molecule has 5 heteroatoms. The van der Waals surface area contributed by atoms with E-state index in [2.05, 4.69) is 30.1 Å². The van der Waals surface area contributed by atoms with Crippen LogP contribution in [0.3, 0.4) is 0 Å². The lowest BCUT2D eigenvalue weighted by Gasteiger charge is -2.23. The molecule has 0 bridgehead atoms. The van der Waals surface area contributed by atoms with Crippen LogP contribution in [0.25, 0.3) is 0 Å². The zero-order valence-corrected chi connectivity index (χ0v) is 13.0. The van der Waals surface area contributed by atoms with Gasteiger partial charge in [-0.15, -0.1) is 11.3 Å². The van der Waals surface area contributed by atoms with Gasteiger partial charge >= 0.3 is 0 Å². The second-order valence-electron chi connectivity index (χ2n) is 4.95. The first-order valence-electron chi connectivity index (χ1n) is 6.53. The van der Waals surface area contributed by atoms with Gasteiger partial charge in [0, 0.05) is 18.0 Å². The van der Waals surface area contributed by atoms with E-state index in [0.717, 1.165) is 30.1 Å². The van der Waals surface area contributed by atoms with Gasteiger partial charge in [-0.1, -0.05) is 0 Å². The van der Waals surface area contributed by atoms with Gasteiger partial charge in [-0.3, -0.25) is 0 Å². The first kappa shape index (κ1) is 14.2. The molecule has 0 saturated heterocycles. The summed E-state index contributed by atoms with van der Waals surface area (Å²) in [4.78, 5) is 8.19. The molecule has 0 amide bonds. The molecule has 1 N–H and O–H groups in total. The average Bonchev–Trinajstić information content (AvgIpc) is 2.80. The van der Waals surface area contributed by atoms with Gasteiger partial charge in [0.2, 0.25) is 0 Å². The van der Waals surface area contributed by atoms with Crippen molar-refractivity contribution in [2.24, 2.45) is 0 Å². The minimum Gasteiger partial charge on any atom is -0.387 e. The second-order valence-corrected chi connectivity index (χ2v) is 7.00. The topological polar surface area (TPSA) is 36.4 Å². The maximum Gasteiger partial charge on any atom is 0.185 e. The van der Waals surface area contributed by atoms with Gasteiger partial charge in [-0.2, -0.15) is 11.8 Å². The van der Waals surface area contributed by atoms with E-state index in [0.29, 0.717) is 6.04 Å². The van der Waals surface area contributed by atoms with Gasteiger partial charge in [0.25, 0.3) is 0 Å². The molecule has 3 nitrogen and oxygen atoms in total. The number of fused-ring (bicyclic) bond motifs is 1. The highest BCUT2D eigenvalue weighted by atomic mass is 32.2. The lowest BCUT2D eigenvalue weighted by molar-refractivity contribution is 0.153. The summed E-state index contributed by atoms with van der Waals surface area (Å²) in [6.45, 7) is 2.24. The summed E-state index contributed by atoms with van der Waals surface area (Å²) in [5.74, 6) is 1.18. The first-order valence-corrected chi connectivity index (χ1v) is 8.74. The maximum atomic E-state index is 9.96. The van der Waals surface area contributed by atoms with Crippen molar-refractivity contribution < 1.29 is 5.11 Å². The Kier molecular flexibility index (Phi) is 4.92. The summed E-state index contributed by atoms with van der Waals surface area (Å²) in [5.41, 5.74) is 0.935. The van der Waals surface area contributed by atoms with Crippen LogP contribution in [0.15, 0.2) is 0 Å². The van der Waals surface area contributed by atoms with E-state index in [1.54, 1.807) is 11.3 Å². The van der Waals surface area contributed by atoms with Crippen LogP contribution >= 0.6 is 23.1 Å². The predicted octanol–water partition coefficient (Wildman–Crippen LogP) is 3.09. The molecule has 2 unspecified atom stereocenters. The maximum absolute atomic E-state index is 9.96. The number of aryl methyl sites for hydroxylation is 1. The highest BCUT2D eigenvalue weighted by molar-refractivity contribution is 7.98. The largest absolute Gasteiger partial charge is 0.387 e. The van der Waals surface area contributed by atoms with Gasteiger partial charge < -0.3 is 10.0 Å². The van der Waals surface area contributed by atoms with Crippen LogP contribution < -0.4 is 4.90 Å². The van der Waals surface area contributed by atoms with E-state index in [1.807, 2.05) is 11.8 Å². The van der Waals surface area contributed by atoms with Crippen LogP contribution in [-0.2, 0) is 6.42 Å². The highest BCUT2D eigenvalue weighted by Crippen LogP contribution is 2.36. The molecule has 2 rings (SSSR count). The smallest absolute Gasteiger partial charge is 0.185 e.